The summed E-state index contributed by atoms with van der Waals surface area (Å²) in [5, 5.41) is 3.72. The van der Waals surface area contributed by atoms with Gasteiger partial charge in [-0.05, 0) is 52.2 Å². The van der Waals surface area contributed by atoms with E-state index in [4.69, 9.17) is 0 Å². The molecule has 2 fully saturated rings. The number of piperidine rings is 1. The Balaban J connectivity index is 1.59. The Kier molecular flexibility index (Phi) is 4.45. The van der Waals surface area contributed by atoms with Crippen molar-refractivity contribution in [2.24, 2.45) is 0 Å². The van der Waals surface area contributed by atoms with Gasteiger partial charge in [0.05, 0.1) is 0 Å². The first kappa shape index (κ1) is 11.4. The Morgan fingerprint density at radius 3 is 2.53 bits per heavy atom. The number of nitrogens with zero attached hydrogens (tertiary/aromatic N) is 1. The summed E-state index contributed by atoms with van der Waals surface area (Å²) in [6.07, 6.45) is 11.3. The van der Waals surface area contributed by atoms with Gasteiger partial charge in [0.2, 0.25) is 0 Å². The largest absolute Gasteiger partial charge is 0.314 e. The molecule has 2 nitrogen and oxygen atoms in total. The Labute approximate surface area is 94.4 Å². The van der Waals surface area contributed by atoms with E-state index in [0.717, 1.165) is 12.1 Å². The molecule has 88 valence electrons. The van der Waals surface area contributed by atoms with Crippen LogP contribution in [0.4, 0.5) is 0 Å². The van der Waals surface area contributed by atoms with Gasteiger partial charge in [0.1, 0.15) is 0 Å². The molecule has 2 rings (SSSR count). The van der Waals surface area contributed by atoms with Crippen molar-refractivity contribution in [3.8, 4) is 0 Å². The molecule has 1 N–H and O–H groups in total. The molecule has 2 aliphatic rings. The van der Waals surface area contributed by atoms with Gasteiger partial charge in [0.25, 0.3) is 0 Å². The summed E-state index contributed by atoms with van der Waals surface area (Å²) in [7, 11) is 2.29. The second-order valence-electron chi connectivity index (χ2n) is 5.35. The lowest BCUT2D eigenvalue weighted by Crippen LogP contribution is -2.39. The summed E-state index contributed by atoms with van der Waals surface area (Å²) in [6, 6.07) is 1.70. The van der Waals surface area contributed by atoms with Crippen LogP contribution >= 0.6 is 0 Å². The van der Waals surface area contributed by atoms with Crippen molar-refractivity contribution >= 4 is 0 Å². The quantitative estimate of drug-likeness (QED) is 0.766. The molecular formula is C13H26N2. The minimum Gasteiger partial charge on any atom is -0.314 e. The maximum atomic E-state index is 3.72. The van der Waals surface area contributed by atoms with Crippen molar-refractivity contribution in [1.82, 2.24) is 10.2 Å². The lowest BCUT2D eigenvalue weighted by molar-refractivity contribution is 0.174. The van der Waals surface area contributed by atoms with Gasteiger partial charge in [-0.2, -0.15) is 0 Å². The second kappa shape index (κ2) is 5.86. The Morgan fingerprint density at radius 2 is 1.80 bits per heavy atom. The predicted octanol–water partition coefficient (Wildman–Crippen LogP) is 2.39. The Morgan fingerprint density at radius 1 is 1.07 bits per heavy atom. The van der Waals surface area contributed by atoms with E-state index in [9.17, 15) is 0 Å². The molecular weight excluding hydrogens is 184 g/mol. The zero-order chi connectivity index (χ0) is 10.5. The molecule has 1 unspecified atom stereocenters. The zero-order valence-corrected chi connectivity index (χ0v) is 10.2. The van der Waals surface area contributed by atoms with Gasteiger partial charge in [-0.25, -0.2) is 0 Å². The SMILES string of the molecule is CN1CCCCC1CCNC1CCCC1. The Hall–Kier alpha value is -0.0800. The number of hydrogen-bond acceptors (Lipinski definition) is 2. The van der Waals surface area contributed by atoms with E-state index in [2.05, 4.69) is 17.3 Å². The van der Waals surface area contributed by atoms with Crippen LogP contribution in [0, 0.1) is 0 Å². The molecule has 1 heterocycles. The molecule has 0 amide bonds. The van der Waals surface area contributed by atoms with E-state index in [1.165, 1.54) is 64.5 Å². The fourth-order valence-corrected chi connectivity index (χ4v) is 3.09. The molecule has 1 atom stereocenters. The topological polar surface area (TPSA) is 15.3 Å². The molecule has 0 spiro atoms. The maximum absolute atomic E-state index is 3.72. The van der Waals surface area contributed by atoms with Gasteiger partial charge in [0.15, 0.2) is 0 Å². The monoisotopic (exact) mass is 210 g/mol. The van der Waals surface area contributed by atoms with E-state index in [1.54, 1.807) is 0 Å². The lowest BCUT2D eigenvalue weighted by atomic mass is 10.00. The zero-order valence-electron chi connectivity index (χ0n) is 10.2. The molecule has 1 saturated carbocycles. The first-order valence-corrected chi connectivity index (χ1v) is 6.80. The molecule has 1 aliphatic heterocycles. The second-order valence-corrected chi connectivity index (χ2v) is 5.35. The van der Waals surface area contributed by atoms with Crippen LogP contribution < -0.4 is 5.32 Å². The van der Waals surface area contributed by atoms with Crippen molar-refractivity contribution in [3.05, 3.63) is 0 Å². The molecule has 0 radical (unpaired) electrons. The molecule has 2 heteroatoms. The van der Waals surface area contributed by atoms with Crippen molar-refractivity contribution in [3.63, 3.8) is 0 Å². The minimum absolute atomic E-state index is 0.846. The van der Waals surface area contributed by atoms with Gasteiger partial charge in [0, 0.05) is 12.1 Å². The average molecular weight is 210 g/mol. The minimum atomic E-state index is 0.846. The number of nitrogens with one attached hydrogen (secondary N) is 1. The molecule has 15 heavy (non-hydrogen) atoms. The van der Waals surface area contributed by atoms with E-state index >= 15 is 0 Å². The van der Waals surface area contributed by atoms with E-state index in [-0.39, 0.29) is 0 Å². The normalized spacial score (nSPS) is 29.8. The Bertz CT molecular complexity index is 175. The fraction of sp³-hybridized carbons (Fsp3) is 1.00. The van der Waals surface area contributed by atoms with Crippen LogP contribution in [-0.4, -0.2) is 37.1 Å². The molecule has 0 bridgehead atoms. The maximum Gasteiger partial charge on any atom is 0.0104 e. The fourth-order valence-electron chi connectivity index (χ4n) is 3.09. The number of likely N-dealkylation sites (tertiary alicyclic amines) is 1. The summed E-state index contributed by atoms with van der Waals surface area (Å²) in [6.45, 7) is 2.55. The first-order chi connectivity index (χ1) is 7.36. The van der Waals surface area contributed by atoms with Gasteiger partial charge < -0.3 is 10.2 Å². The van der Waals surface area contributed by atoms with Crippen LogP contribution in [0.25, 0.3) is 0 Å². The average Bonchev–Trinajstić information content (AvgIpc) is 2.74. The molecule has 0 aromatic carbocycles. The van der Waals surface area contributed by atoms with E-state index < -0.39 is 0 Å². The summed E-state index contributed by atoms with van der Waals surface area (Å²) in [5.74, 6) is 0. The van der Waals surface area contributed by atoms with Crippen molar-refractivity contribution < 1.29 is 0 Å². The third-order valence-electron chi connectivity index (χ3n) is 4.19. The van der Waals surface area contributed by atoms with Crippen LogP contribution in [0.1, 0.15) is 51.4 Å². The molecule has 1 saturated heterocycles. The van der Waals surface area contributed by atoms with Crippen molar-refractivity contribution in [2.45, 2.75) is 63.5 Å². The van der Waals surface area contributed by atoms with Gasteiger partial charge in [-0.15, -0.1) is 0 Å². The third-order valence-corrected chi connectivity index (χ3v) is 4.19. The van der Waals surface area contributed by atoms with Crippen molar-refractivity contribution in [2.75, 3.05) is 20.1 Å². The number of rotatable bonds is 4. The van der Waals surface area contributed by atoms with Crippen LogP contribution in [0.5, 0.6) is 0 Å². The highest BCUT2D eigenvalue weighted by molar-refractivity contribution is 4.78. The van der Waals surface area contributed by atoms with Gasteiger partial charge in [-0.1, -0.05) is 19.3 Å². The van der Waals surface area contributed by atoms with Gasteiger partial charge >= 0.3 is 0 Å². The summed E-state index contributed by atoms with van der Waals surface area (Å²) in [5.41, 5.74) is 0. The summed E-state index contributed by atoms with van der Waals surface area (Å²) in [4.78, 5) is 2.56. The molecule has 0 aromatic heterocycles. The van der Waals surface area contributed by atoms with Crippen molar-refractivity contribution in [1.29, 1.82) is 0 Å². The van der Waals surface area contributed by atoms with Gasteiger partial charge in [-0.3, -0.25) is 0 Å². The highest BCUT2D eigenvalue weighted by Gasteiger charge is 2.19. The number of hydrogen-bond donors (Lipinski definition) is 1. The molecule has 0 aromatic rings. The van der Waals surface area contributed by atoms with Crippen LogP contribution in [0.3, 0.4) is 0 Å². The third kappa shape index (κ3) is 3.46. The van der Waals surface area contributed by atoms with E-state index in [1.807, 2.05) is 0 Å². The lowest BCUT2D eigenvalue weighted by Gasteiger charge is -2.32. The standard InChI is InChI=1S/C13H26N2/c1-15-11-5-4-8-13(15)9-10-14-12-6-2-3-7-12/h12-14H,2-11H2,1H3. The molecule has 1 aliphatic carbocycles. The highest BCUT2D eigenvalue weighted by Crippen LogP contribution is 2.19. The highest BCUT2D eigenvalue weighted by atomic mass is 15.1. The predicted molar refractivity (Wildman–Crippen MR) is 65.1 cm³/mol. The first-order valence-electron chi connectivity index (χ1n) is 6.80. The smallest absolute Gasteiger partial charge is 0.0104 e. The summed E-state index contributed by atoms with van der Waals surface area (Å²) >= 11 is 0. The van der Waals surface area contributed by atoms with Crippen LogP contribution in [0.15, 0.2) is 0 Å². The summed E-state index contributed by atoms with van der Waals surface area (Å²) < 4.78 is 0. The van der Waals surface area contributed by atoms with Crippen LogP contribution in [0.2, 0.25) is 0 Å². The van der Waals surface area contributed by atoms with Crippen LogP contribution in [-0.2, 0) is 0 Å². The van der Waals surface area contributed by atoms with E-state index in [0.29, 0.717) is 0 Å².